The summed E-state index contributed by atoms with van der Waals surface area (Å²) in [5, 5.41) is 3.77. The highest BCUT2D eigenvalue weighted by Crippen LogP contribution is 2.32. The number of rotatable bonds is 3. The molecule has 0 spiro atoms. The van der Waals surface area contributed by atoms with Gasteiger partial charge in [-0.25, -0.2) is 4.39 Å². The smallest absolute Gasteiger partial charge is 0.128 e. The molecular formula is C15H14BrClFN. The second-order valence-electron chi connectivity index (χ2n) is 4.41. The molecule has 2 aromatic rings. The lowest BCUT2D eigenvalue weighted by Crippen LogP contribution is -2.19. The van der Waals surface area contributed by atoms with Gasteiger partial charge in [-0.1, -0.05) is 45.2 Å². The molecule has 0 bridgehead atoms. The van der Waals surface area contributed by atoms with Gasteiger partial charge < -0.3 is 5.32 Å². The van der Waals surface area contributed by atoms with Crippen LogP contribution in [0.5, 0.6) is 0 Å². The van der Waals surface area contributed by atoms with Crippen molar-refractivity contribution in [1.29, 1.82) is 0 Å². The molecule has 0 fully saturated rings. The molecule has 0 saturated carbocycles. The van der Waals surface area contributed by atoms with Crippen molar-refractivity contribution in [2.45, 2.75) is 13.0 Å². The Morgan fingerprint density at radius 3 is 2.58 bits per heavy atom. The van der Waals surface area contributed by atoms with Crippen LogP contribution in [0.3, 0.4) is 0 Å². The average Bonchev–Trinajstić information content (AvgIpc) is 2.38. The summed E-state index contributed by atoms with van der Waals surface area (Å²) in [5.74, 6) is -0.225. The largest absolute Gasteiger partial charge is 0.309 e. The van der Waals surface area contributed by atoms with Crippen LogP contribution in [-0.4, -0.2) is 7.05 Å². The van der Waals surface area contributed by atoms with Gasteiger partial charge in [-0.3, -0.25) is 0 Å². The molecule has 0 heterocycles. The van der Waals surface area contributed by atoms with Crippen LogP contribution in [0.25, 0.3) is 0 Å². The van der Waals surface area contributed by atoms with E-state index in [1.165, 1.54) is 6.07 Å². The van der Waals surface area contributed by atoms with Crippen LogP contribution in [0.4, 0.5) is 4.39 Å². The van der Waals surface area contributed by atoms with E-state index in [0.29, 0.717) is 10.6 Å². The molecule has 100 valence electrons. The van der Waals surface area contributed by atoms with Crippen molar-refractivity contribution in [3.63, 3.8) is 0 Å². The number of benzene rings is 2. The first kappa shape index (κ1) is 14.5. The minimum Gasteiger partial charge on any atom is -0.309 e. The molecule has 1 N–H and O–H groups in total. The van der Waals surface area contributed by atoms with Gasteiger partial charge in [0.2, 0.25) is 0 Å². The van der Waals surface area contributed by atoms with Gasteiger partial charge in [0.05, 0.1) is 6.04 Å². The van der Waals surface area contributed by atoms with Gasteiger partial charge in [0, 0.05) is 15.1 Å². The lowest BCUT2D eigenvalue weighted by atomic mass is 9.97. The normalized spacial score (nSPS) is 12.5. The molecule has 19 heavy (non-hydrogen) atoms. The molecule has 0 aliphatic carbocycles. The molecule has 0 aliphatic rings. The van der Waals surface area contributed by atoms with E-state index in [1.54, 1.807) is 19.2 Å². The van der Waals surface area contributed by atoms with Gasteiger partial charge >= 0.3 is 0 Å². The Kier molecular flexibility index (Phi) is 4.61. The molecule has 0 aliphatic heterocycles. The maximum atomic E-state index is 14.0. The Balaban J connectivity index is 2.55. The van der Waals surface area contributed by atoms with Gasteiger partial charge in [0.25, 0.3) is 0 Å². The van der Waals surface area contributed by atoms with Gasteiger partial charge in [-0.05, 0) is 43.8 Å². The predicted octanol–water partition coefficient (Wildman–Crippen LogP) is 4.86. The van der Waals surface area contributed by atoms with E-state index in [2.05, 4.69) is 21.2 Å². The van der Waals surface area contributed by atoms with Crippen LogP contribution in [-0.2, 0) is 0 Å². The van der Waals surface area contributed by atoms with Crippen molar-refractivity contribution < 1.29 is 4.39 Å². The molecule has 0 amide bonds. The number of aryl methyl sites for hydroxylation is 1. The number of halogens is 3. The highest BCUT2D eigenvalue weighted by Gasteiger charge is 2.19. The topological polar surface area (TPSA) is 12.0 Å². The van der Waals surface area contributed by atoms with Crippen LogP contribution < -0.4 is 5.32 Å². The maximum Gasteiger partial charge on any atom is 0.128 e. The first-order valence-corrected chi connectivity index (χ1v) is 7.08. The first-order chi connectivity index (χ1) is 9.02. The number of hydrogen-bond acceptors (Lipinski definition) is 1. The molecular weight excluding hydrogens is 329 g/mol. The summed E-state index contributed by atoms with van der Waals surface area (Å²) in [7, 11) is 1.81. The van der Waals surface area contributed by atoms with Gasteiger partial charge in [0.15, 0.2) is 0 Å². The Morgan fingerprint density at radius 1 is 1.16 bits per heavy atom. The Labute approximate surface area is 125 Å². The third kappa shape index (κ3) is 3.16. The summed E-state index contributed by atoms with van der Waals surface area (Å²) in [6, 6.07) is 10.4. The van der Waals surface area contributed by atoms with Crippen LogP contribution >= 0.6 is 27.5 Å². The van der Waals surface area contributed by atoms with Crippen molar-refractivity contribution in [2.24, 2.45) is 0 Å². The standard InChI is InChI=1S/C15H14BrClFN/c1-9-3-6-14(18)12(7-9)15(19-2)11-8-10(17)4-5-13(11)16/h3-8,15,19H,1-2H3. The molecule has 0 radical (unpaired) electrons. The molecule has 1 atom stereocenters. The van der Waals surface area contributed by atoms with E-state index in [4.69, 9.17) is 11.6 Å². The average molecular weight is 343 g/mol. The summed E-state index contributed by atoms with van der Waals surface area (Å²) in [6.07, 6.45) is 0. The summed E-state index contributed by atoms with van der Waals surface area (Å²) in [6.45, 7) is 1.95. The zero-order chi connectivity index (χ0) is 14.0. The predicted molar refractivity (Wildman–Crippen MR) is 81.2 cm³/mol. The lowest BCUT2D eigenvalue weighted by Gasteiger charge is -2.20. The molecule has 2 rings (SSSR count). The third-order valence-corrected chi connectivity index (χ3v) is 3.98. The summed E-state index contributed by atoms with van der Waals surface area (Å²) >= 11 is 9.53. The van der Waals surface area contributed by atoms with Gasteiger partial charge in [-0.2, -0.15) is 0 Å². The second-order valence-corrected chi connectivity index (χ2v) is 5.70. The number of nitrogens with one attached hydrogen (secondary N) is 1. The maximum absolute atomic E-state index is 14.0. The third-order valence-electron chi connectivity index (χ3n) is 3.02. The molecule has 1 nitrogen and oxygen atoms in total. The molecule has 1 unspecified atom stereocenters. The fraction of sp³-hybridized carbons (Fsp3) is 0.200. The fourth-order valence-corrected chi connectivity index (χ4v) is 2.75. The van der Waals surface area contributed by atoms with E-state index in [9.17, 15) is 4.39 Å². The van der Waals surface area contributed by atoms with Crippen LogP contribution in [0.15, 0.2) is 40.9 Å². The molecule has 2 aromatic carbocycles. The first-order valence-electron chi connectivity index (χ1n) is 5.91. The Bertz CT molecular complexity index is 549. The van der Waals surface area contributed by atoms with E-state index in [-0.39, 0.29) is 11.9 Å². The summed E-state index contributed by atoms with van der Waals surface area (Å²) < 4.78 is 14.9. The minimum atomic E-state index is -0.243. The number of hydrogen-bond donors (Lipinski definition) is 1. The molecule has 4 heteroatoms. The Morgan fingerprint density at radius 2 is 1.89 bits per heavy atom. The van der Waals surface area contributed by atoms with Crippen LogP contribution in [0.2, 0.25) is 5.02 Å². The summed E-state index contributed by atoms with van der Waals surface area (Å²) in [4.78, 5) is 0. The zero-order valence-electron chi connectivity index (χ0n) is 10.7. The Hall–Kier alpha value is -0.900. The van der Waals surface area contributed by atoms with Crippen molar-refractivity contribution in [3.05, 3.63) is 68.4 Å². The molecule has 0 saturated heterocycles. The molecule has 0 aromatic heterocycles. The van der Waals surface area contributed by atoms with E-state index in [1.807, 2.05) is 25.1 Å². The monoisotopic (exact) mass is 341 g/mol. The zero-order valence-corrected chi connectivity index (χ0v) is 13.0. The van der Waals surface area contributed by atoms with E-state index < -0.39 is 0 Å². The lowest BCUT2D eigenvalue weighted by molar-refractivity contribution is 0.575. The van der Waals surface area contributed by atoms with Crippen molar-refractivity contribution in [1.82, 2.24) is 5.32 Å². The SMILES string of the molecule is CNC(c1cc(C)ccc1F)c1cc(Cl)ccc1Br. The van der Waals surface area contributed by atoms with Crippen LogP contribution in [0, 0.1) is 12.7 Å². The van der Waals surface area contributed by atoms with E-state index in [0.717, 1.165) is 15.6 Å². The van der Waals surface area contributed by atoms with Crippen molar-refractivity contribution in [2.75, 3.05) is 7.05 Å². The highest BCUT2D eigenvalue weighted by molar-refractivity contribution is 9.10. The van der Waals surface area contributed by atoms with Crippen molar-refractivity contribution >= 4 is 27.5 Å². The van der Waals surface area contributed by atoms with Gasteiger partial charge in [-0.15, -0.1) is 0 Å². The van der Waals surface area contributed by atoms with Crippen molar-refractivity contribution in [3.8, 4) is 0 Å². The second kappa shape index (κ2) is 6.04. The minimum absolute atomic E-state index is 0.225. The highest BCUT2D eigenvalue weighted by atomic mass is 79.9. The van der Waals surface area contributed by atoms with E-state index >= 15 is 0 Å². The van der Waals surface area contributed by atoms with Crippen LogP contribution in [0.1, 0.15) is 22.7 Å². The van der Waals surface area contributed by atoms with Gasteiger partial charge in [0.1, 0.15) is 5.82 Å². The summed E-state index contributed by atoms with van der Waals surface area (Å²) in [5.41, 5.74) is 2.56. The quantitative estimate of drug-likeness (QED) is 0.840. The fourth-order valence-electron chi connectivity index (χ4n) is 2.10.